The third-order valence-corrected chi connectivity index (χ3v) is 4.90. The first-order chi connectivity index (χ1) is 7.36. The van der Waals surface area contributed by atoms with Gasteiger partial charge in [-0.3, -0.25) is 0 Å². The summed E-state index contributed by atoms with van der Waals surface area (Å²) in [5, 5.41) is 40.1. The van der Waals surface area contributed by atoms with Gasteiger partial charge in [-0.15, -0.1) is 0 Å². The van der Waals surface area contributed by atoms with E-state index >= 15 is 0 Å². The standard InChI is InChI=1S/C12H20O4/c13-7-9-1-10(8-14)4-11(15,2-9)6-12(16,3-9)5-10/h13-16H,1-8H2. The Kier molecular flexibility index (Phi) is 1.92. The summed E-state index contributed by atoms with van der Waals surface area (Å²) in [5.74, 6) is 0. The molecule has 4 bridgehead atoms. The van der Waals surface area contributed by atoms with Gasteiger partial charge in [0.05, 0.1) is 11.2 Å². The second kappa shape index (κ2) is 2.80. The van der Waals surface area contributed by atoms with E-state index in [9.17, 15) is 20.4 Å². The number of aliphatic hydroxyl groups is 4. The molecule has 0 aromatic rings. The van der Waals surface area contributed by atoms with Crippen molar-refractivity contribution in [1.29, 1.82) is 0 Å². The molecule has 0 saturated heterocycles. The first-order valence-electron chi connectivity index (χ1n) is 6.03. The van der Waals surface area contributed by atoms with E-state index in [2.05, 4.69) is 0 Å². The van der Waals surface area contributed by atoms with Crippen molar-refractivity contribution in [3.05, 3.63) is 0 Å². The molecule has 0 aromatic carbocycles. The van der Waals surface area contributed by atoms with E-state index in [-0.39, 0.29) is 24.0 Å². The van der Waals surface area contributed by atoms with Crippen molar-refractivity contribution in [1.82, 2.24) is 0 Å². The second-order valence-corrected chi connectivity index (χ2v) is 6.83. The van der Waals surface area contributed by atoms with Crippen LogP contribution in [0, 0.1) is 10.8 Å². The highest BCUT2D eigenvalue weighted by Gasteiger charge is 2.67. The van der Waals surface area contributed by atoms with E-state index in [4.69, 9.17) is 0 Å². The Morgan fingerprint density at radius 3 is 1.31 bits per heavy atom. The molecule has 4 fully saturated rings. The van der Waals surface area contributed by atoms with Crippen LogP contribution in [0.1, 0.15) is 38.5 Å². The molecule has 4 rings (SSSR count). The average Bonchev–Trinajstić information content (AvgIpc) is 2.12. The number of hydrogen-bond donors (Lipinski definition) is 4. The van der Waals surface area contributed by atoms with Crippen LogP contribution in [0.5, 0.6) is 0 Å². The molecule has 0 spiro atoms. The fourth-order valence-electron chi connectivity index (χ4n) is 5.29. The monoisotopic (exact) mass is 228 g/mol. The number of aliphatic hydroxyl groups excluding tert-OH is 2. The molecule has 0 unspecified atom stereocenters. The van der Waals surface area contributed by atoms with Gasteiger partial charge in [0.1, 0.15) is 0 Å². The normalized spacial score (nSPS) is 59.2. The van der Waals surface area contributed by atoms with Crippen molar-refractivity contribution in [3.63, 3.8) is 0 Å². The maximum Gasteiger partial charge on any atom is 0.0687 e. The van der Waals surface area contributed by atoms with Gasteiger partial charge in [-0.2, -0.15) is 0 Å². The Morgan fingerprint density at radius 1 is 0.625 bits per heavy atom. The second-order valence-electron chi connectivity index (χ2n) is 6.83. The van der Waals surface area contributed by atoms with Gasteiger partial charge >= 0.3 is 0 Å². The zero-order valence-corrected chi connectivity index (χ0v) is 9.45. The predicted octanol–water partition coefficient (Wildman–Crippen LogP) is -0.213. The fraction of sp³-hybridized carbons (Fsp3) is 1.00. The molecule has 0 radical (unpaired) electrons. The molecule has 0 aliphatic heterocycles. The average molecular weight is 228 g/mol. The first kappa shape index (κ1) is 11.0. The van der Waals surface area contributed by atoms with Crippen LogP contribution in [0.4, 0.5) is 0 Å². The van der Waals surface area contributed by atoms with Gasteiger partial charge in [0, 0.05) is 19.6 Å². The topological polar surface area (TPSA) is 80.9 Å². The van der Waals surface area contributed by atoms with Crippen molar-refractivity contribution in [2.75, 3.05) is 13.2 Å². The van der Waals surface area contributed by atoms with Crippen LogP contribution in [0.3, 0.4) is 0 Å². The summed E-state index contributed by atoms with van der Waals surface area (Å²) in [6.07, 6.45) is 3.42. The quantitative estimate of drug-likeness (QED) is 0.527. The molecular weight excluding hydrogens is 208 g/mol. The van der Waals surface area contributed by atoms with E-state index < -0.39 is 11.2 Å². The Balaban J connectivity index is 2.06. The van der Waals surface area contributed by atoms with E-state index in [0.29, 0.717) is 32.1 Å². The highest BCUT2D eigenvalue weighted by molar-refractivity contribution is 5.18. The van der Waals surface area contributed by atoms with Gasteiger partial charge in [-0.05, 0) is 42.9 Å². The summed E-state index contributed by atoms with van der Waals surface area (Å²) in [4.78, 5) is 0. The number of hydrogen-bond acceptors (Lipinski definition) is 4. The van der Waals surface area contributed by atoms with E-state index in [0.717, 1.165) is 6.42 Å². The Labute approximate surface area is 94.9 Å². The summed E-state index contributed by atoms with van der Waals surface area (Å²) in [7, 11) is 0. The highest BCUT2D eigenvalue weighted by Crippen LogP contribution is 2.67. The maximum absolute atomic E-state index is 10.5. The largest absolute Gasteiger partial charge is 0.396 e. The fourth-order valence-corrected chi connectivity index (χ4v) is 5.29. The van der Waals surface area contributed by atoms with Crippen LogP contribution < -0.4 is 0 Å². The summed E-state index contributed by atoms with van der Waals surface area (Å²) in [5.41, 5.74) is -2.51. The predicted molar refractivity (Wildman–Crippen MR) is 56.6 cm³/mol. The van der Waals surface area contributed by atoms with Crippen molar-refractivity contribution in [3.8, 4) is 0 Å². The Hall–Kier alpha value is -0.160. The minimum Gasteiger partial charge on any atom is -0.396 e. The smallest absolute Gasteiger partial charge is 0.0687 e. The highest BCUT2D eigenvalue weighted by atomic mass is 16.3. The molecule has 4 aliphatic rings. The molecule has 4 nitrogen and oxygen atoms in total. The van der Waals surface area contributed by atoms with Crippen LogP contribution in [0.2, 0.25) is 0 Å². The Morgan fingerprint density at radius 2 is 1.00 bits per heavy atom. The van der Waals surface area contributed by atoms with Gasteiger partial charge in [-0.1, -0.05) is 0 Å². The SMILES string of the molecule is OCC12CC3(O)CC(O)(C1)CC(CO)(C3)C2. The third kappa shape index (κ3) is 1.30. The lowest BCUT2D eigenvalue weighted by Crippen LogP contribution is -2.68. The van der Waals surface area contributed by atoms with Gasteiger partial charge in [0.15, 0.2) is 0 Å². The third-order valence-electron chi connectivity index (χ3n) is 4.90. The van der Waals surface area contributed by atoms with Gasteiger partial charge in [0.2, 0.25) is 0 Å². The van der Waals surface area contributed by atoms with Gasteiger partial charge in [0.25, 0.3) is 0 Å². The van der Waals surface area contributed by atoms with Crippen LogP contribution in [-0.4, -0.2) is 44.8 Å². The van der Waals surface area contributed by atoms with Crippen molar-refractivity contribution in [2.45, 2.75) is 49.7 Å². The molecule has 16 heavy (non-hydrogen) atoms. The van der Waals surface area contributed by atoms with E-state index in [1.807, 2.05) is 0 Å². The molecule has 4 heteroatoms. The Bertz CT molecular complexity index is 283. The maximum atomic E-state index is 10.5. The zero-order chi connectivity index (χ0) is 11.7. The molecule has 4 N–H and O–H groups in total. The lowest BCUT2D eigenvalue weighted by Gasteiger charge is -2.67. The molecule has 0 heterocycles. The van der Waals surface area contributed by atoms with Gasteiger partial charge < -0.3 is 20.4 Å². The lowest BCUT2D eigenvalue weighted by atomic mass is 9.41. The van der Waals surface area contributed by atoms with Crippen LogP contribution in [0.15, 0.2) is 0 Å². The summed E-state index contributed by atoms with van der Waals surface area (Å²) in [6.45, 7) is -0.00125. The van der Waals surface area contributed by atoms with Crippen LogP contribution in [-0.2, 0) is 0 Å². The van der Waals surface area contributed by atoms with Crippen molar-refractivity contribution >= 4 is 0 Å². The first-order valence-corrected chi connectivity index (χ1v) is 6.03. The van der Waals surface area contributed by atoms with Crippen LogP contribution >= 0.6 is 0 Å². The van der Waals surface area contributed by atoms with E-state index in [1.165, 1.54) is 0 Å². The molecule has 4 saturated carbocycles. The summed E-state index contributed by atoms with van der Waals surface area (Å²) >= 11 is 0. The summed E-state index contributed by atoms with van der Waals surface area (Å²) in [6, 6.07) is 0. The minimum absolute atomic E-state index is 0.000625. The number of rotatable bonds is 2. The van der Waals surface area contributed by atoms with Gasteiger partial charge in [-0.25, -0.2) is 0 Å². The molecular formula is C12H20O4. The lowest BCUT2D eigenvalue weighted by molar-refractivity contribution is -0.272. The minimum atomic E-state index is -0.880. The van der Waals surface area contributed by atoms with Crippen molar-refractivity contribution in [2.24, 2.45) is 10.8 Å². The summed E-state index contributed by atoms with van der Waals surface area (Å²) < 4.78 is 0. The zero-order valence-electron chi connectivity index (χ0n) is 9.45. The molecule has 92 valence electrons. The molecule has 0 amide bonds. The van der Waals surface area contributed by atoms with E-state index in [1.54, 1.807) is 0 Å². The molecule has 4 aliphatic carbocycles. The van der Waals surface area contributed by atoms with Crippen LogP contribution in [0.25, 0.3) is 0 Å². The molecule has 0 aromatic heterocycles. The van der Waals surface area contributed by atoms with Crippen molar-refractivity contribution < 1.29 is 20.4 Å². The molecule has 0 atom stereocenters.